The zero-order chi connectivity index (χ0) is 18.4. The Morgan fingerprint density at radius 1 is 1.12 bits per heavy atom. The minimum Gasteiger partial charge on any atom is -0.491 e. The van der Waals surface area contributed by atoms with Crippen LogP contribution in [0.1, 0.15) is 25.8 Å². The summed E-state index contributed by atoms with van der Waals surface area (Å²) in [6.45, 7) is 5.72. The van der Waals surface area contributed by atoms with Crippen LogP contribution in [-0.4, -0.2) is 26.2 Å². The number of benzene rings is 2. The lowest BCUT2D eigenvalue weighted by atomic mass is 10.2. The summed E-state index contributed by atoms with van der Waals surface area (Å²) in [6.07, 6.45) is -0.0756. The van der Waals surface area contributed by atoms with Gasteiger partial charge < -0.3 is 10.1 Å². The van der Waals surface area contributed by atoms with Crippen LogP contribution in [-0.2, 0) is 14.6 Å². The zero-order valence-electron chi connectivity index (χ0n) is 14.7. The maximum Gasteiger partial charge on any atom is 0.225 e. The first kappa shape index (κ1) is 19.0. The average molecular weight is 361 g/mol. The van der Waals surface area contributed by atoms with Crippen molar-refractivity contribution in [3.05, 3.63) is 54.1 Å². The van der Waals surface area contributed by atoms with Crippen molar-refractivity contribution in [3.63, 3.8) is 0 Å². The smallest absolute Gasteiger partial charge is 0.225 e. The highest BCUT2D eigenvalue weighted by atomic mass is 32.2. The van der Waals surface area contributed by atoms with E-state index in [-0.39, 0.29) is 29.1 Å². The van der Waals surface area contributed by atoms with Gasteiger partial charge in [-0.05, 0) is 62.7 Å². The van der Waals surface area contributed by atoms with E-state index in [2.05, 4.69) is 5.32 Å². The third kappa shape index (κ3) is 5.90. The van der Waals surface area contributed by atoms with E-state index in [0.29, 0.717) is 11.4 Å². The molecule has 0 aliphatic heterocycles. The molecule has 0 bridgehead atoms. The Kier molecular flexibility index (Phi) is 6.20. The summed E-state index contributed by atoms with van der Waals surface area (Å²) in [5, 5.41) is 2.71. The maximum absolute atomic E-state index is 12.4. The van der Waals surface area contributed by atoms with Gasteiger partial charge in [0.25, 0.3) is 0 Å². The van der Waals surface area contributed by atoms with Crippen LogP contribution in [0.25, 0.3) is 0 Å². The van der Waals surface area contributed by atoms with Crippen molar-refractivity contribution in [1.29, 1.82) is 0 Å². The highest BCUT2D eigenvalue weighted by Gasteiger charge is 2.17. The number of hydrogen-bond acceptors (Lipinski definition) is 4. The third-order valence-corrected chi connectivity index (χ3v) is 5.19. The molecular formula is C19H23NO4S. The number of rotatable bonds is 7. The molecule has 0 unspecified atom stereocenters. The fourth-order valence-corrected chi connectivity index (χ4v) is 3.53. The first-order valence-electron chi connectivity index (χ1n) is 8.12. The Morgan fingerprint density at radius 3 is 2.40 bits per heavy atom. The van der Waals surface area contributed by atoms with Crippen molar-refractivity contribution < 1.29 is 17.9 Å². The Labute approximate surface area is 148 Å². The van der Waals surface area contributed by atoms with E-state index in [1.54, 1.807) is 18.2 Å². The number of nitrogens with one attached hydrogen (secondary N) is 1. The molecule has 0 aliphatic carbocycles. The molecule has 134 valence electrons. The summed E-state index contributed by atoms with van der Waals surface area (Å²) in [7, 11) is -3.52. The fourth-order valence-electron chi connectivity index (χ4n) is 2.29. The highest BCUT2D eigenvalue weighted by Crippen LogP contribution is 2.19. The van der Waals surface area contributed by atoms with Gasteiger partial charge in [-0.1, -0.05) is 12.1 Å². The lowest BCUT2D eigenvalue weighted by molar-refractivity contribution is -0.115. The van der Waals surface area contributed by atoms with Gasteiger partial charge in [0, 0.05) is 12.1 Å². The Hall–Kier alpha value is -2.34. The average Bonchev–Trinajstić information content (AvgIpc) is 2.53. The lowest BCUT2D eigenvalue weighted by Gasteiger charge is -2.10. The van der Waals surface area contributed by atoms with Gasteiger partial charge in [0.05, 0.1) is 16.8 Å². The molecule has 6 heteroatoms. The SMILES string of the molecule is Cc1cccc(NC(=O)CCS(=O)(=O)c2ccc(OC(C)C)cc2)c1. The minimum atomic E-state index is -3.52. The Balaban J connectivity index is 1.95. The van der Waals surface area contributed by atoms with Gasteiger partial charge in [-0.15, -0.1) is 0 Å². The van der Waals surface area contributed by atoms with Crippen LogP contribution < -0.4 is 10.1 Å². The van der Waals surface area contributed by atoms with Gasteiger partial charge in [0.1, 0.15) is 5.75 Å². The first-order valence-corrected chi connectivity index (χ1v) is 9.77. The molecule has 0 atom stereocenters. The molecule has 2 aromatic carbocycles. The molecule has 5 nitrogen and oxygen atoms in total. The van der Waals surface area contributed by atoms with Crippen LogP contribution >= 0.6 is 0 Å². The van der Waals surface area contributed by atoms with Gasteiger partial charge in [0.2, 0.25) is 5.91 Å². The summed E-state index contributed by atoms with van der Waals surface area (Å²) in [5.41, 5.74) is 1.69. The van der Waals surface area contributed by atoms with Gasteiger partial charge in [-0.3, -0.25) is 4.79 Å². The number of anilines is 1. The van der Waals surface area contributed by atoms with Crippen molar-refractivity contribution in [1.82, 2.24) is 0 Å². The fraction of sp³-hybridized carbons (Fsp3) is 0.316. The molecule has 0 radical (unpaired) electrons. The normalized spacial score (nSPS) is 11.4. The monoisotopic (exact) mass is 361 g/mol. The quantitative estimate of drug-likeness (QED) is 0.818. The predicted molar refractivity (Wildman–Crippen MR) is 98.7 cm³/mol. The second kappa shape index (κ2) is 8.16. The number of amides is 1. The molecule has 2 aromatic rings. The summed E-state index contributed by atoms with van der Waals surface area (Å²) < 4.78 is 30.2. The Morgan fingerprint density at radius 2 is 1.80 bits per heavy atom. The van der Waals surface area contributed by atoms with Crippen molar-refractivity contribution in [2.45, 2.75) is 38.2 Å². The Bertz CT molecular complexity index is 827. The van der Waals surface area contributed by atoms with Crippen LogP contribution in [0, 0.1) is 6.92 Å². The van der Waals surface area contributed by atoms with Crippen molar-refractivity contribution >= 4 is 21.4 Å². The van der Waals surface area contributed by atoms with Gasteiger partial charge in [0.15, 0.2) is 9.84 Å². The van der Waals surface area contributed by atoms with Gasteiger partial charge in [-0.2, -0.15) is 0 Å². The second-order valence-corrected chi connectivity index (χ2v) is 8.23. The van der Waals surface area contributed by atoms with Crippen molar-refractivity contribution in [3.8, 4) is 5.75 Å². The third-order valence-electron chi connectivity index (χ3n) is 3.45. The summed E-state index contributed by atoms with van der Waals surface area (Å²) in [6, 6.07) is 13.6. The van der Waals surface area contributed by atoms with Gasteiger partial charge >= 0.3 is 0 Å². The molecule has 0 saturated heterocycles. The number of carbonyl (C=O) groups is 1. The molecule has 0 aliphatic rings. The van der Waals surface area contributed by atoms with Gasteiger partial charge in [-0.25, -0.2) is 8.42 Å². The number of aryl methyl sites for hydroxylation is 1. The van der Waals surface area contributed by atoms with Crippen LogP contribution in [0.4, 0.5) is 5.69 Å². The number of carbonyl (C=O) groups excluding carboxylic acids is 1. The summed E-state index contributed by atoms with van der Waals surface area (Å²) in [5.74, 6) is 0.0507. The minimum absolute atomic E-state index is 0.0211. The largest absolute Gasteiger partial charge is 0.491 e. The second-order valence-electron chi connectivity index (χ2n) is 6.12. The lowest BCUT2D eigenvalue weighted by Crippen LogP contribution is -2.17. The van der Waals surface area contributed by atoms with Crippen LogP contribution in [0.2, 0.25) is 0 Å². The van der Waals surface area contributed by atoms with Crippen LogP contribution in [0.5, 0.6) is 5.75 Å². The van der Waals surface area contributed by atoms with E-state index >= 15 is 0 Å². The number of hydrogen-bond donors (Lipinski definition) is 1. The molecule has 1 N–H and O–H groups in total. The molecule has 2 rings (SSSR count). The molecule has 0 spiro atoms. The van der Waals surface area contributed by atoms with Crippen molar-refractivity contribution in [2.75, 3.05) is 11.1 Å². The molecule has 0 heterocycles. The zero-order valence-corrected chi connectivity index (χ0v) is 15.5. The summed E-state index contributed by atoms with van der Waals surface area (Å²) in [4.78, 5) is 12.2. The molecular weight excluding hydrogens is 338 g/mol. The maximum atomic E-state index is 12.4. The highest BCUT2D eigenvalue weighted by molar-refractivity contribution is 7.91. The van der Waals surface area contributed by atoms with E-state index in [1.807, 2.05) is 39.0 Å². The molecule has 25 heavy (non-hydrogen) atoms. The molecule has 0 aromatic heterocycles. The van der Waals surface area contributed by atoms with Crippen LogP contribution in [0.3, 0.4) is 0 Å². The predicted octanol–water partition coefficient (Wildman–Crippen LogP) is 3.58. The molecule has 0 fully saturated rings. The standard InChI is InChI=1S/C19H23NO4S/c1-14(2)24-17-7-9-18(10-8-17)25(22,23)12-11-19(21)20-16-6-4-5-15(3)13-16/h4-10,13-14H,11-12H2,1-3H3,(H,20,21). The van der Waals surface area contributed by atoms with E-state index < -0.39 is 9.84 Å². The van der Waals surface area contributed by atoms with Crippen molar-refractivity contribution in [2.24, 2.45) is 0 Å². The van der Waals surface area contributed by atoms with E-state index in [4.69, 9.17) is 4.74 Å². The summed E-state index contributed by atoms with van der Waals surface area (Å²) >= 11 is 0. The topological polar surface area (TPSA) is 72.5 Å². The first-order chi connectivity index (χ1) is 11.8. The molecule has 0 saturated carbocycles. The van der Waals surface area contributed by atoms with Crippen LogP contribution in [0.15, 0.2) is 53.4 Å². The van der Waals surface area contributed by atoms with E-state index in [9.17, 15) is 13.2 Å². The van der Waals surface area contributed by atoms with E-state index in [1.165, 1.54) is 12.1 Å². The number of ether oxygens (including phenoxy) is 1. The molecule has 1 amide bonds. The van der Waals surface area contributed by atoms with E-state index in [0.717, 1.165) is 5.56 Å². The number of sulfone groups is 1.